The summed E-state index contributed by atoms with van der Waals surface area (Å²) in [6.45, 7) is 9.13. The average Bonchev–Trinajstić information content (AvgIpc) is 3.35. The van der Waals surface area contributed by atoms with E-state index in [1.807, 2.05) is 27.8 Å². The van der Waals surface area contributed by atoms with Crippen molar-refractivity contribution in [1.82, 2.24) is 10.2 Å². The summed E-state index contributed by atoms with van der Waals surface area (Å²) in [6, 6.07) is 2.19. The molecule has 2 fully saturated rings. The Hall–Kier alpha value is -3.15. The lowest BCUT2D eigenvalue weighted by Crippen LogP contribution is -2.67. The Bertz CT molecular complexity index is 1290. The number of aliphatic hydroxyl groups is 2. The van der Waals surface area contributed by atoms with Crippen molar-refractivity contribution in [2.45, 2.75) is 95.3 Å². The van der Waals surface area contributed by atoms with Crippen LogP contribution in [0.15, 0.2) is 24.0 Å². The van der Waals surface area contributed by atoms with Gasteiger partial charge in [-0.25, -0.2) is 9.59 Å². The molecule has 4 aliphatic rings. The zero-order chi connectivity index (χ0) is 30.0. The Morgan fingerprint density at radius 1 is 1.20 bits per heavy atom. The first-order valence-corrected chi connectivity index (χ1v) is 14.2. The summed E-state index contributed by atoms with van der Waals surface area (Å²) >= 11 is 0. The number of phenolic OH excluding ortho intramolecular Hbond substituents is 1. The van der Waals surface area contributed by atoms with Crippen LogP contribution in [0.4, 0.5) is 0 Å². The number of likely N-dealkylation sites (N-methyl/N-ethyl adjacent to an activating group) is 1. The number of ether oxygens (including phenoxy) is 3. The molecule has 0 bridgehead atoms. The first-order chi connectivity index (χ1) is 19.2. The van der Waals surface area contributed by atoms with Crippen molar-refractivity contribution in [3.8, 4) is 11.5 Å². The number of carbonyl (C=O) groups excluding carboxylic acids is 3. The third-order valence-electron chi connectivity index (χ3n) is 9.17. The smallest absolute Gasteiger partial charge is 0.352 e. The number of hydrogen-bond acceptors (Lipinski definition) is 10. The number of likely N-dealkylation sites (tertiary alicyclic amines) is 1. The average molecular weight is 573 g/mol. The molecule has 1 unspecified atom stereocenters. The number of aliphatic hydroxyl groups excluding tert-OH is 1. The standard InChI is InChI=1S/C30H40N2O9/c1-14(2)11-19(31-26(35)16(4)33)28(37)39-17(5)27(36)40-21-9-10-30(38)24-18(13-32(24)6)12-29(30)22-15(3)7-8-20(34)23(22)41-25(21)29/h7-9,14,16-19,24-25,33-34,38H,10-13H2,1-6H3,(H,31,35)/t16-,17-,18?,19-,24+,25-,29-,30+/m0/s1. The van der Waals surface area contributed by atoms with Gasteiger partial charge in [-0.15, -0.1) is 0 Å². The Morgan fingerprint density at radius 3 is 2.54 bits per heavy atom. The Kier molecular flexibility index (Phi) is 7.36. The first-order valence-electron chi connectivity index (χ1n) is 14.2. The van der Waals surface area contributed by atoms with Gasteiger partial charge in [-0.3, -0.25) is 9.69 Å². The number of phenols is 1. The van der Waals surface area contributed by atoms with Gasteiger partial charge in [0.1, 0.15) is 17.9 Å². The molecule has 1 aromatic rings. The Labute approximate surface area is 239 Å². The number of aromatic hydroxyl groups is 1. The lowest BCUT2D eigenvalue weighted by molar-refractivity contribution is -0.168. The second-order valence-electron chi connectivity index (χ2n) is 12.5. The molecule has 5 rings (SSSR count). The van der Waals surface area contributed by atoms with Crippen molar-refractivity contribution in [2.75, 3.05) is 13.6 Å². The maximum atomic E-state index is 13.2. The number of aryl methyl sites for hydroxylation is 1. The molecule has 2 aliphatic heterocycles. The summed E-state index contributed by atoms with van der Waals surface area (Å²) in [6.07, 6.45) is -0.777. The summed E-state index contributed by atoms with van der Waals surface area (Å²) < 4.78 is 17.5. The quantitative estimate of drug-likeness (QED) is 0.336. The SMILES string of the molecule is Cc1ccc(O)c2c1[C@]13CC4CN(C)[C@H]4[C@]1(O)CC=C(OC(=O)[C@H](C)OC(=O)[C@H](CC(C)C)NC(=O)[C@H](C)O)[C@@H]3O2. The van der Waals surface area contributed by atoms with E-state index in [0.29, 0.717) is 6.42 Å². The molecule has 2 aliphatic carbocycles. The van der Waals surface area contributed by atoms with Gasteiger partial charge in [0.25, 0.3) is 0 Å². The molecule has 4 N–H and O–H groups in total. The molecule has 11 nitrogen and oxygen atoms in total. The van der Waals surface area contributed by atoms with Crippen LogP contribution >= 0.6 is 0 Å². The lowest BCUT2D eigenvalue weighted by Gasteiger charge is -2.52. The second-order valence-corrected chi connectivity index (χ2v) is 12.5. The third kappa shape index (κ3) is 4.49. The van der Waals surface area contributed by atoms with E-state index in [9.17, 15) is 29.7 Å². The molecule has 41 heavy (non-hydrogen) atoms. The molecule has 224 valence electrons. The minimum Gasteiger partial charge on any atom is -0.504 e. The van der Waals surface area contributed by atoms with Crippen molar-refractivity contribution in [1.29, 1.82) is 0 Å². The van der Waals surface area contributed by atoms with Crippen LogP contribution in [0, 0.1) is 18.8 Å². The van der Waals surface area contributed by atoms with Crippen molar-refractivity contribution >= 4 is 17.8 Å². The second kappa shape index (κ2) is 10.3. The molecule has 11 heteroatoms. The summed E-state index contributed by atoms with van der Waals surface area (Å²) in [5.41, 5.74) is -0.546. The van der Waals surface area contributed by atoms with E-state index in [2.05, 4.69) is 10.2 Å². The number of benzene rings is 1. The molecule has 1 spiro atoms. The number of hydrogen-bond donors (Lipinski definition) is 4. The van der Waals surface area contributed by atoms with Gasteiger partial charge >= 0.3 is 11.9 Å². The Morgan fingerprint density at radius 2 is 1.90 bits per heavy atom. The maximum absolute atomic E-state index is 13.2. The highest BCUT2D eigenvalue weighted by Gasteiger charge is 2.76. The van der Waals surface area contributed by atoms with Crippen molar-refractivity contribution in [3.05, 3.63) is 35.1 Å². The van der Waals surface area contributed by atoms with Gasteiger partial charge in [-0.1, -0.05) is 19.9 Å². The van der Waals surface area contributed by atoms with Crippen LogP contribution in [0.3, 0.4) is 0 Å². The zero-order valence-corrected chi connectivity index (χ0v) is 24.3. The van der Waals surface area contributed by atoms with Crippen LogP contribution in [0.5, 0.6) is 11.5 Å². The minimum absolute atomic E-state index is 0.0215. The first kappa shape index (κ1) is 29.3. The van der Waals surface area contributed by atoms with Gasteiger partial charge in [0.15, 0.2) is 23.7 Å². The fourth-order valence-electron chi connectivity index (χ4n) is 7.48. The highest BCUT2D eigenvalue weighted by Crippen LogP contribution is 2.68. The summed E-state index contributed by atoms with van der Waals surface area (Å²) in [5.74, 6) is -1.72. The number of amides is 1. The molecule has 1 saturated heterocycles. The van der Waals surface area contributed by atoms with E-state index in [1.54, 1.807) is 18.2 Å². The van der Waals surface area contributed by atoms with Crippen LogP contribution in [0.2, 0.25) is 0 Å². The van der Waals surface area contributed by atoms with E-state index in [0.717, 1.165) is 17.7 Å². The van der Waals surface area contributed by atoms with Crippen LogP contribution < -0.4 is 10.1 Å². The number of nitrogens with one attached hydrogen (secondary N) is 1. The van der Waals surface area contributed by atoms with Gasteiger partial charge in [0.2, 0.25) is 5.91 Å². The van der Waals surface area contributed by atoms with Gasteiger partial charge < -0.3 is 34.8 Å². The molecule has 0 aromatic heterocycles. The van der Waals surface area contributed by atoms with E-state index in [-0.39, 0.29) is 48.0 Å². The fourth-order valence-corrected chi connectivity index (χ4v) is 7.48. The normalized spacial score (nSPS) is 31.7. The van der Waals surface area contributed by atoms with Crippen molar-refractivity contribution in [3.63, 3.8) is 0 Å². The van der Waals surface area contributed by atoms with Gasteiger partial charge in [-0.2, -0.15) is 0 Å². The van der Waals surface area contributed by atoms with Gasteiger partial charge in [0.05, 0.1) is 11.0 Å². The number of fused-ring (bicyclic) bond motifs is 3. The van der Waals surface area contributed by atoms with Crippen molar-refractivity contribution in [2.24, 2.45) is 11.8 Å². The van der Waals surface area contributed by atoms with E-state index in [4.69, 9.17) is 14.2 Å². The lowest BCUT2D eigenvalue weighted by atomic mass is 9.60. The van der Waals surface area contributed by atoms with E-state index >= 15 is 0 Å². The van der Waals surface area contributed by atoms with Gasteiger partial charge in [0, 0.05) is 24.6 Å². The number of carbonyl (C=O) groups is 3. The minimum atomic E-state index is -1.32. The monoisotopic (exact) mass is 572 g/mol. The van der Waals surface area contributed by atoms with Crippen LogP contribution in [0.25, 0.3) is 0 Å². The molecule has 2 heterocycles. The fraction of sp³-hybridized carbons (Fsp3) is 0.633. The topological polar surface area (TPSA) is 155 Å². The van der Waals surface area contributed by atoms with Gasteiger partial charge in [-0.05, 0) is 70.2 Å². The maximum Gasteiger partial charge on any atom is 0.352 e. The van der Waals surface area contributed by atoms with E-state index in [1.165, 1.54) is 13.8 Å². The number of nitrogens with zero attached hydrogens (tertiary/aromatic N) is 1. The summed E-state index contributed by atoms with van der Waals surface area (Å²) in [4.78, 5) is 40.3. The summed E-state index contributed by atoms with van der Waals surface area (Å²) in [7, 11) is 1.98. The molecule has 8 atom stereocenters. The predicted octanol–water partition coefficient (Wildman–Crippen LogP) is 1.44. The van der Waals surface area contributed by atoms with Crippen LogP contribution in [-0.2, 0) is 29.3 Å². The highest BCUT2D eigenvalue weighted by atomic mass is 16.6. The largest absolute Gasteiger partial charge is 0.504 e. The molecule has 1 amide bonds. The molecular weight excluding hydrogens is 532 g/mol. The molecule has 1 aromatic carbocycles. The van der Waals surface area contributed by atoms with E-state index < -0.39 is 53.2 Å². The number of rotatable bonds is 8. The predicted molar refractivity (Wildman–Crippen MR) is 146 cm³/mol. The zero-order valence-electron chi connectivity index (χ0n) is 24.3. The number of esters is 2. The molecule has 1 saturated carbocycles. The van der Waals surface area contributed by atoms with Crippen LogP contribution in [0.1, 0.15) is 58.1 Å². The molecule has 0 radical (unpaired) electrons. The third-order valence-corrected chi connectivity index (χ3v) is 9.17. The van der Waals surface area contributed by atoms with Crippen molar-refractivity contribution < 1.29 is 43.9 Å². The highest BCUT2D eigenvalue weighted by molar-refractivity contribution is 5.88. The summed E-state index contributed by atoms with van der Waals surface area (Å²) in [5, 5.41) is 35.1. The van der Waals surface area contributed by atoms with Crippen LogP contribution in [-0.4, -0.2) is 87.7 Å². The molecular formula is C30H40N2O9. The Balaban J connectivity index is 1.38.